The second-order valence-corrected chi connectivity index (χ2v) is 8.80. The van der Waals surface area contributed by atoms with Crippen molar-refractivity contribution in [1.29, 1.82) is 5.26 Å². The van der Waals surface area contributed by atoms with Crippen LogP contribution in [-0.2, 0) is 6.42 Å². The van der Waals surface area contributed by atoms with E-state index in [2.05, 4.69) is 26.0 Å². The fourth-order valence-electron chi connectivity index (χ4n) is 4.68. The largest absolute Gasteiger partial charge is 0.493 e. The summed E-state index contributed by atoms with van der Waals surface area (Å²) in [5.74, 6) is 1.27. The van der Waals surface area contributed by atoms with Crippen molar-refractivity contribution in [3.8, 4) is 22.9 Å². The number of unbranched alkanes of at least 4 members (excludes halogenated alkanes) is 3. The first-order chi connectivity index (χ1) is 14.6. The maximum Gasteiger partial charge on any atom is 0.168 e. The highest BCUT2D eigenvalue weighted by Gasteiger charge is 2.22. The molecule has 0 aromatic heterocycles. The Morgan fingerprint density at radius 3 is 2.43 bits per heavy atom. The van der Waals surface area contributed by atoms with E-state index in [-0.39, 0.29) is 11.6 Å². The molecule has 1 saturated carbocycles. The van der Waals surface area contributed by atoms with Gasteiger partial charge in [0, 0.05) is 11.1 Å². The molecule has 30 heavy (non-hydrogen) atoms. The molecule has 0 radical (unpaired) electrons. The molecule has 1 fully saturated rings. The van der Waals surface area contributed by atoms with Gasteiger partial charge in [-0.05, 0) is 54.7 Å². The van der Waals surface area contributed by atoms with Crippen LogP contribution in [0.25, 0.3) is 11.1 Å². The van der Waals surface area contributed by atoms with Crippen molar-refractivity contribution in [2.24, 2.45) is 5.92 Å². The van der Waals surface area contributed by atoms with Crippen molar-refractivity contribution >= 4 is 0 Å². The minimum atomic E-state index is -0.291. The SMILES string of the molecule is CCCCCCc1ccc(-c2ccc(C3CCC(C)CC3)cc2C#N)c(OC)c1F. The lowest BCUT2D eigenvalue weighted by atomic mass is 9.78. The number of nitriles is 1. The normalized spacial score (nSPS) is 18.8. The Kier molecular flexibility index (Phi) is 7.91. The highest BCUT2D eigenvalue weighted by Crippen LogP contribution is 2.40. The molecule has 0 spiro atoms. The lowest BCUT2D eigenvalue weighted by Crippen LogP contribution is -2.11. The summed E-state index contributed by atoms with van der Waals surface area (Å²) in [5, 5.41) is 9.81. The van der Waals surface area contributed by atoms with E-state index in [0.29, 0.717) is 29.0 Å². The van der Waals surface area contributed by atoms with Gasteiger partial charge in [0.2, 0.25) is 0 Å². The average Bonchev–Trinajstić information content (AvgIpc) is 2.77. The van der Waals surface area contributed by atoms with E-state index < -0.39 is 0 Å². The average molecular weight is 408 g/mol. The number of aryl methyl sites for hydroxylation is 1. The molecule has 0 heterocycles. The van der Waals surface area contributed by atoms with E-state index >= 15 is 4.39 Å². The molecule has 0 saturated heterocycles. The predicted molar refractivity (Wildman–Crippen MR) is 121 cm³/mol. The topological polar surface area (TPSA) is 33.0 Å². The van der Waals surface area contributed by atoms with Crippen molar-refractivity contribution in [2.75, 3.05) is 7.11 Å². The van der Waals surface area contributed by atoms with Gasteiger partial charge in [0.25, 0.3) is 0 Å². The van der Waals surface area contributed by atoms with Gasteiger partial charge in [-0.3, -0.25) is 0 Å². The van der Waals surface area contributed by atoms with Crippen LogP contribution in [0.4, 0.5) is 4.39 Å². The standard InChI is InChI=1S/C27H34FNO/c1-4-5-6-7-8-21-13-16-25(27(30-3)26(21)28)24-15-14-22(17-23(24)18-29)20-11-9-19(2)10-12-20/h13-17,19-20H,4-12H2,1-3H3. The van der Waals surface area contributed by atoms with Crippen LogP contribution < -0.4 is 4.74 Å². The summed E-state index contributed by atoms with van der Waals surface area (Å²) in [4.78, 5) is 0. The summed E-state index contributed by atoms with van der Waals surface area (Å²) in [5.41, 5.74) is 3.93. The highest BCUT2D eigenvalue weighted by molar-refractivity contribution is 5.77. The van der Waals surface area contributed by atoms with Gasteiger partial charge in [-0.1, -0.05) is 70.2 Å². The molecular formula is C27H34FNO. The summed E-state index contributed by atoms with van der Waals surface area (Å²) >= 11 is 0. The third-order valence-corrected chi connectivity index (χ3v) is 6.62. The summed E-state index contributed by atoms with van der Waals surface area (Å²) in [6, 6.07) is 12.2. The van der Waals surface area contributed by atoms with E-state index in [1.54, 1.807) is 0 Å². The van der Waals surface area contributed by atoms with Gasteiger partial charge in [-0.25, -0.2) is 4.39 Å². The smallest absolute Gasteiger partial charge is 0.168 e. The Hall–Kier alpha value is -2.34. The van der Waals surface area contributed by atoms with E-state index in [0.717, 1.165) is 30.7 Å². The zero-order valence-electron chi connectivity index (χ0n) is 18.6. The van der Waals surface area contributed by atoms with Gasteiger partial charge in [0.05, 0.1) is 18.7 Å². The van der Waals surface area contributed by atoms with Gasteiger partial charge in [-0.15, -0.1) is 0 Å². The summed E-state index contributed by atoms with van der Waals surface area (Å²) < 4.78 is 20.6. The van der Waals surface area contributed by atoms with Crippen molar-refractivity contribution in [2.45, 2.75) is 77.6 Å². The molecule has 3 rings (SSSR count). The first kappa shape index (κ1) is 22.3. The molecule has 0 aliphatic heterocycles. The number of rotatable bonds is 8. The maximum absolute atomic E-state index is 15.2. The minimum absolute atomic E-state index is 0.249. The molecule has 0 amide bonds. The fourth-order valence-corrected chi connectivity index (χ4v) is 4.68. The monoisotopic (exact) mass is 407 g/mol. The highest BCUT2D eigenvalue weighted by atomic mass is 19.1. The van der Waals surface area contributed by atoms with E-state index in [9.17, 15) is 5.26 Å². The van der Waals surface area contributed by atoms with Crippen LogP contribution in [0.1, 0.15) is 87.8 Å². The first-order valence-corrected chi connectivity index (χ1v) is 11.5. The van der Waals surface area contributed by atoms with Crippen LogP contribution >= 0.6 is 0 Å². The molecule has 0 bridgehead atoms. The molecule has 0 N–H and O–H groups in total. The maximum atomic E-state index is 15.2. The van der Waals surface area contributed by atoms with Gasteiger partial charge in [-0.2, -0.15) is 5.26 Å². The Labute approximate surface area is 181 Å². The van der Waals surface area contributed by atoms with Crippen molar-refractivity contribution in [3.05, 3.63) is 52.8 Å². The van der Waals surface area contributed by atoms with Crippen LogP contribution in [0.3, 0.4) is 0 Å². The van der Waals surface area contributed by atoms with Gasteiger partial charge >= 0.3 is 0 Å². The number of hydrogen-bond acceptors (Lipinski definition) is 2. The number of benzene rings is 2. The lowest BCUT2D eigenvalue weighted by Gasteiger charge is -2.27. The molecule has 1 aliphatic carbocycles. The summed E-state index contributed by atoms with van der Waals surface area (Å²) in [6.07, 6.45) is 9.98. The molecule has 1 aliphatic rings. The molecule has 160 valence electrons. The number of halogens is 1. The van der Waals surface area contributed by atoms with Crippen LogP contribution in [0, 0.1) is 23.1 Å². The summed E-state index contributed by atoms with van der Waals surface area (Å²) in [6.45, 7) is 4.49. The van der Waals surface area contributed by atoms with Gasteiger partial charge < -0.3 is 4.74 Å². The first-order valence-electron chi connectivity index (χ1n) is 11.5. The zero-order valence-corrected chi connectivity index (χ0v) is 18.6. The number of hydrogen-bond donors (Lipinski definition) is 0. The third-order valence-electron chi connectivity index (χ3n) is 6.62. The van der Waals surface area contributed by atoms with Crippen molar-refractivity contribution in [1.82, 2.24) is 0 Å². The minimum Gasteiger partial charge on any atom is -0.493 e. The quantitative estimate of drug-likeness (QED) is 0.418. The number of nitrogens with zero attached hydrogens (tertiary/aromatic N) is 1. The van der Waals surface area contributed by atoms with Crippen LogP contribution in [0.15, 0.2) is 30.3 Å². The molecule has 2 aromatic rings. The molecule has 3 heteroatoms. The second kappa shape index (κ2) is 10.6. The third kappa shape index (κ3) is 5.04. The van der Waals surface area contributed by atoms with Crippen molar-refractivity contribution in [3.63, 3.8) is 0 Å². The Bertz CT molecular complexity index is 890. The molecular weight excluding hydrogens is 373 g/mol. The fraction of sp³-hybridized carbons (Fsp3) is 0.519. The van der Waals surface area contributed by atoms with Crippen LogP contribution in [-0.4, -0.2) is 7.11 Å². The van der Waals surface area contributed by atoms with Crippen molar-refractivity contribution < 1.29 is 9.13 Å². The van der Waals surface area contributed by atoms with Crippen LogP contribution in [0.5, 0.6) is 5.75 Å². The number of ether oxygens (including phenoxy) is 1. The summed E-state index contributed by atoms with van der Waals surface area (Å²) in [7, 11) is 1.51. The van der Waals surface area contributed by atoms with E-state index in [4.69, 9.17) is 4.74 Å². The molecule has 0 unspecified atom stereocenters. The Morgan fingerprint density at radius 2 is 1.77 bits per heavy atom. The Morgan fingerprint density at radius 1 is 1.03 bits per heavy atom. The molecule has 2 nitrogen and oxygen atoms in total. The van der Waals surface area contributed by atoms with E-state index in [1.807, 2.05) is 24.3 Å². The second-order valence-electron chi connectivity index (χ2n) is 8.80. The van der Waals surface area contributed by atoms with Gasteiger partial charge in [0.15, 0.2) is 11.6 Å². The zero-order chi connectivity index (χ0) is 21.5. The molecule has 2 aromatic carbocycles. The number of methoxy groups -OCH3 is 1. The van der Waals surface area contributed by atoms with Crippen LogP contribution in [0.2, 0.25) is 0 Å². The Balaban J connectivity index is 1.89. The lowest BCUT2D eigenvalue weighted by molar-refractivity contribution is 0.348. The predicted octanol–water partition coefficient (Wildman–Crippen LogP) is 7.79. The van der Waals surface area contributed by atoms with Gasteiger partial charge in [0.1, 0.15) is 0 Å². The van der Waals surface area contributed by atoms with E-state index in [1.165, 1.54) is 44.8 Å². The molecule has 0 atom stereocenters.